The molecule has 7 heteroatoms. The van der Waals surface area contributed by atoms with E-state index >= 15 is 0 Å². The second-order valence-corrected chi connectivity index (χ2v) is 1.54. The molecule has 0 aromatic carbocycles. The normalized spacial score (nSPS) is 8.43. The molecule has 0 unspecified atom stereocenters. The van der Waals surface area contributed by atoms with Crippen LogP contribution in [-0.2, 0) is 4.57 Å². The summed E-state index contributed by atoms with van der Waals surface area (Å²) in [5.41, 5.74) is 0. The first-order valence-corrected chi connectivity index (χ1v) is 2.35. The first-order chi connectivity index (χ1) is 2.00. The number of hydrogen-bond donors (Lipinski definition) is 3. The van der Waals surface area contributed by atoms with Gasteiger partial charge in [-0.05, 0) is 0 Å². The summed E-state index contributed by atoms with van der Waals surface area (Å²) in [4.78, 5) is 21.6. The second-order valence-electron chi connectivity index (χ2n) is 0.513. The largest absolute Gasteiger partial charge is 0 e. The van der Waals surface area contributed by atoms with Crippen LogP contribution in [0.5, 0.6) is 0 Å². The Labute approximate surface area is 80.3 Å². The summed E-state index contributed by atoms with van der Waals surface area (Å²) in [5, 5.41) is 0. The standard InChI is InChI=1S/Na.H3O4P.Sb.H/c;1-5(2,3)4;;/h;(H3,1,2,3,4);;. The molecule has 39 valence electrons. The molecule has 0 atom stereocenters. The fourth-order valence-corrected chi connectivity index (χ4v) is 0. The van der Waals surface area contributed by atoms with Crippen LogP contribution in [0.25, 0.3) is 0 Å². The van der Waals surface area contributed by atoms with E-state index in [1.807, 2.05) is 0 Å². The van der Waals surface area contributed by atoms with Crippen molar-refractivity contribution in [3.63, 3.8) is 0 Å². The third-order valence-corrected chi connectivity index (χ3v) is 0. The Morgan fingerprint density at radius 3 is 1.14 bits per heavy atom. The molecule has 0 heterocycles. The summed E-state index contributed by atoms with van der Waals surface area (Å²) >= 11 is 0. The van der Waals surface area contributed by atoms with E-state index in [-0.39, 0.29) is 54.0 Å². The smallest absolute Gasteiger partial charge is 0 e. The molecule has 0 aromatic heterocycles. The Morgan fingerprint density at radius 2 is 1.14 bits per heavy atom. The summed E-state index contributed by atoms with van der Waals surface area (Å²) in [5.74, 6) is 0. The zero-order chi connectivity index (χ0) is 4.50. The first-order valence-electron chi connectivity index (χ1n) is 0.783. The van der Waals surface area contributed by atoms with E-state index in [1.54, 1.807) is 0 Å². The van der Waals surface area contributed by atoms with Gasteiger partial charge in [0.2, 0.25) is 0 Å². The van der Waals surface area contributed by atoms with Crippen molar-refractivity contribution in [1.29, 1.82) is 0 Å². The molecule has 3 N–H and O–H groups in total. The number of hydrogen-bond acceptors (Lipinski definition) is 1. The van der Waals surface area contributed by atoms with Crippen LogP contribution in [0.2, 0.25) is 0 Å². The van der Waals surface area contributed by atoms with E-state index in [0.717, 1.165) is 0 Å². The predicted octanol–water partition coefficient (Wildman–Crippen LogP) is -1.96. The predicted molar refractivity (Wildman–Crippen MR) is 27.2 cm³/mol. The molecule has 0 bridgehead atoms. The quantitative estimate of drug-likeness (QED) is 0.341. The molecule has 0 fully saturated rings. The van der Waals surface area contributed by atoms with Crippen molar-refractivity contribution >= 4 is 61.8 Å². The fraction of sp³-hybridized carbons (Fsp3) is 0. The Hall–Kier alpha value is 1.93. The molecule has 0 spiro atoms. The minimum absolute atomic E-state index is 0. The average molecular weight is 244 g/mol. The van der Waals surface area contributed by atoms with E-state index < -0.39 is 7.82 Å². The van der Waals surface area contributed by atoms with Crippen molar-refractivity contribution in [3.05, 3.63) is 0 Å². The van der Waals surface area contributed by atoms with Crippen LogP contribution in [0.3, 0.4) is 0 Å². The molecule has 7 heavy (non-hydrogen) atoms. The van der Waals surface area contributed by atoms with Gasteiger partial charge < -0.3 is 14.7 Å². The number of phosphoric acid groups is 1. The zero-order valence-electron chi connectivity index (χ0n) is 2.64. The maximum atomic E-state index is 8.88. The van der Waals surface area contributed by atoms with Crippen LogP contribution < -0.4 is 0 Å². The van der Waals surface area contributed by atoms with Crippen molar-refractivity contribution in [1.82, 2.24) is 0 Å². The molecular weight excluding hydrogens is 240 g/mol. The van der Waals surface area contributed by atoms with Gasteiger partial charge in [-0.25, -0.2) is 4.57 Å². The average Bonchev–Trinajstić information content (AvgIpc) is 0.722. The van der Waals surface area contributed by atoms with Gasteiger partial charge >= 0.3 is 37.4 Å². The maximum absolute atomic E-state index is 8.88. The SMILES string of the molecule is O=P(O)(O)O.[NaH].[Sb]. The third-order valence-electron chi connectivity index (χ3n) is 0. The van der Waals surface area contributed by atoms with Gasteiger partial charge in [-0.15, -0.1) is 0 Å². The van der Waals surface area contributed by atoms with Gasteiger partial charge in [0.1, 0.15) is 0 Å². The van der Waals surface area contributed by atoms with Gasteiger partial charge in [0.05, 0.1) is 0 Å². The Bertz CT molecular complexity index is 57.8. The van der Waals surface area contributed by atoms with Gasteiger partial charge in [-0.2, -0.15) is 0 Å². The van der Waals surface area contributed by atoms with Gasteiger partial charge in [0, 0.05) is 24.4 Å². The molecule has 0 aliphatic heterocycles. The van der Waals surface area contributed by atoms with Gasteiger partial charge in [-0.1, -0.05) is 0 Å². The van der Waals surface area contributed by atoms with Crippen molar-refractivity contribution in [2.24, 2.45) is 0 Å². The monoisotopic (exact) mass is 243 g/mol. The van der Waals surface area contributed by atoms with Gasteiger partial charge in [0.25, 0.3) is 0 Å². The topological polar surface area (TPSA) is 77.8 Å². The fourth-order valence-electron chi connectivity index (χ4n) is 0. The molecule has 4 nitrogen and oxygen atoms in total. The van der Waals surface area contributed by atoms with Crippen LogP contribution in [0, 0.1) is 0 Å². The molecule has 0 aromatic rings. The van der Waals surface area contributed by atoms with E-state index in [2.05, 4.69) is 0 Å². The molecular formula is H4NaO4PSb. The third kappa shape index (κ3) is 74.9. The minimum atomic E-state index is -4.64. The second kappa shape index (κ2) is 6.05. The Kier molecular flexibility index (Phi) is 13.8. The van der Waals surface area contributed by atoms with E-state index in [9.17, 15) is 0 Å². The summed E-state index contributed by atoms with van der Waals surface area (Å²) in [6.45, 7) is 0. The van der Waals surface area contributed by atoms with Crippen LogP contribution in [0.1, 0.15) is 0 Å². The molecule has 3 radical (unpaired) electrons. The maximum Gasteiger partial charge on any atom is 0 e. The first kappa shape index (κ1) is 16.0. The van der Waals surface area contributed by atoms with Crippen LogP contribution in [0.4, 0.5) is 0 Å². The summed E-state index contributed by atoms with van der Waals surface area (Å²) < 4.78 is 8.88. The Morgan fingerprint density at radius 1 is 1.14 bits per heavy atom. The summed E-state index contributed by atoms with van der Waals surface area (Å²) in [7, 11) is -4.64. The Balaban J connectivity index is -0.0000000800. The van der Waals surface area contributed by atoms with Crippen molar-refractivity contribution in [3.8, 4) is 0 Å². The number of rotatable bonds is 0. The van der Waals surface area contributed by atoms with Crippen molar-refractivity contribution < 1.29 is 19.2 Å². The van der Waals surface area contributed by atoms with Gasteiger partial charge in [0.15, 0.2) is 0 Å². The molecule has 0 aliphatic carbocycles. The van der Waals surface area contributed by atoms with Crippen LogP contribution in [-0.4, -0.2) is 68.7 Å². The molecule has 0 rings (SSSR count). The summed E-state index contributed by atoms with van der Waals surface area (Å²) in [6, 6.07) is 0. The van der Waals surface area contributed by atoms with Crippen molar-refractivity contribution in [2.45, 2.75) is 0 Å². The van der Waals surface area contributed by atoms with Crippen LogP contribution >= 0.6 is 7.82 Å². The molecule has 0 amide bonds. The van der Waals surface area contributed by atoms with Gasteiger partial charge in [-0.3, -0.25) is 0 Å². The molecule has 0 aliphatic rings. The zero-order valence-corrected chi connectivity index (χ0v) is 6.09. The minimum Gasteiger partial charge on any atom is 0 e. The summed E-state index contributed by atoms with van der Waals surface area (Å²) in [6.07, 6.45) is 0. The van der Waals surface area contributed by atoms with E-state index in [4.69, 9.17) is 19.2 Å². The molecule has 0 saturated heterocycles. The van der Waals surface area contributed by atoms with E-state index in [0.29, 0.717) is 0 Å². The van der Waals surface area contributed by atoms with E-state index in [1.165, 1.54) is 0 Å². The van der Waals surface area contributed by atoms with Crippen LogP contribution in [0.15, 0.2) is 0 Å². The molecule has 0 saturated carbocycles. The van der Waals surface area contributed by atoms with Crippen molar-refractivity contribution in [2.75, 3.05) is 0 Å².